The van der Waals surface area contributed by atoms with Crippen molar-refractivity contribution in [3.8, 4) is 0 Å². The van der Waals surface area contributed by atoms with Gasteiger partial charge in [0.15, 0.2) is 11.6 Å². The normalized spacial score (nSPS) is 13.2. The lowest BCUT2D eigenvalue weighted by Gasteiger charge is -2.07. The minimum absolute atomic E-state index is 0.121. The molecule has 0 aliphatic heterocycles. The Labute approximate surface area is 151 Å². The zero-order valence-electron chi connectivity index (χ0n) is 14.1. The molecular formula is C24H16O2. The molecule has 0 radical (unpaired) electrons. The van der Waals surface area contributed by atoms with Gasteiger partial charge in [-0.05, 0) is 56.6 Å². The van der Waals surface area contributed by atoms with Crippen LogP contribution < -0.4 is 0 Å². The molecule has 0 spiro atoms. The quantitative estimate of drug-likeness (QED) is 0.318. The van der Waals surface area contributed by atoms with Crippen molar-refractivity contribution in [2.24, 2.45) is 0 Å². The van der Waals surface area contributed by atoms with E-state index in [0.29, 0.717) is 0 Å². The average molecular weight is 336 g/mol. The summed E-state index contributed by atoms with van der Waals surface area (Å²) in [5.41, 5.74) is 0. The molecule has 0 heterocycles. The summed E-state index contributed by atoms with van der Waals surface area (Å²) in [6.07, 6.45) is 5.01. The van der Waals surface area contributed by atoms with E-state index in [1.807, 2.05) is 0 Å². The molecule has 0 N–H and O–H groups in total. The van der Waals surface area contributed by atoms with E-state index in [4.69, 9.17) is 0 Å². The highest BCUT2D eigenvalue weighted by Gasteiger charge is 2.03. The molecular weight excluding hydrogens is 320 g/mol. The number of rotatable bonds is 0. The van der Waals surface area contributed by atoms with Crippen molar-refractivity contribution < 1.29 is 9.59 Å². The van der Waals surface area contributed by atoms with Crippen LogP contribution in [0.3, 0.4) is 0 Å². The summed E-state index contributed by atoms with van der Waals surface area (Å²) in [4.78, 5) is 20.6. The molecule has 4 aromatic carbocycles. The van der Waals surface area contributed by atoms with Crippen LogP contribution in [0.15, 0.2) is 97.1 Å². The molecule has 0 bridgehead atoms. The van der Waals surface area contributed by atoms with E-state index in [1.54, 1.807) is 0 Å². The molecule has 1 aliphatic rings. The first-order valence-electron chi connectivity index (χ1n) is 8.46. The summed E-state index contributed by atoms with van der Waals surface area (Å²) in [7, 11) is 0. The van der Waals surface area contributed by atoms with Crippen LogP contribution in [-0.4, -0.2) is 11.6 Å². The van der Waals surface area contributed by atoms with Crippen LogP contribution in [0.5, 0.6) is 0 Å². The number of hydrogen-bond acceptors (Lipinski definition) is 2. The van der Waals surface area contributed by atoms with E-state index in [1.165, 1.54) is 56.6 Å². The van der Waals surface area contributed by atoms with Gasteiger partial charge in [-0.1, -0.05) is 72.8 Å². The lowest BCUT2D eigenvalue weighted by Crippen LogP contribution is -1.97. The van der Waals surface area contributed by atoms with Crippen LogP contribution in [0.4, 0.5) is 0 Å². The maximum atomic E-state index is 10.3. The fraction of sp³-hybridized carbons (Fsp3) is 0. The van der Waals surface area contributed by atoms with Crippen LogP contribution in [-0.2, 0) is 9.59 Å². The molecule has 0 atom stereocenters. The Morgan fingerprint density at radius 3 is 1.19 bits per heavy atom. The zero-order valence-corrected chi connectivity index (χ0v) is 14.1. The van der Waals surface area contributed by atoms with E-state index in [9.17, 15) is 9.59 Å². The second-order valence-electron chi connectivity index (χ2n) is 6.14. The van der Waals surface area contributed by atoms with Crippen molar-refractivity contribution in [1.82, 2.24) is 0 Å². The third-order valence-corrected chi connectivity index (χ3v) is 4.47. The number of benzene rings is 4. The molecule has 0 amide bonds. The summed E-state index contributed by atoms with van der Waals surface area (Å²) in [6, 6.07) is 26.0. The molecule has 5 rings (SSSR count). The number of allylic oxidation sites excluding steroid dienone is 4. The molecule has 124 valence electrons. The predicted octanol–water partition coefficient (Wildman–Crippen LogP) is 5.40. The highest BCUT2D eigenvalue weighted by molar-refractivity contribution is 6.17. The maximum Gasteiger partial charge on any atom is 0.178 e. The third kappa shape index (κ3) is 3.05. The highest BCUT2D eigenvalue weighted by Crippen LogP contribution is 2.30. The SMILES string of the molecule is O=C1C=CC(=O)C=C1.c1ccc2c(c1)ccc1c3ccccc3ccc21. The van der Waals surface area contributed by atoms with E-state index < -0.39 is 0 Å². The van der Waals surface area contributed by atoms with Gasteiger partial charge in [-0.2, -0.15) is 0 Å². The summed E-state index contributed by atoms with van der Waals surface area (Å²) in [5, 5.41) is 7.96. The highest BCUT2D eigenvalue weighted by atomic mass is 16.1. The minimum Gasteiger partial charge on any atom is -0.290 e. The summed E-state index contributed by atoms with van der Waals surface area (Å²) >= 11 is 0. The van der Waals surface area contributed by atoms with Crippen molar-refractivity contribution in [3.63, 3.8) is 0 Å². The molecule has 0 unspecified atom stereocenters. The third-order valence-electron chi connectivity index (χ3n) is 4.47. The van der Waals surface area contributed by atoms with Gasteiger partial charge in [-0.25, -0.2) is 0 Å². The van der Waals surface area contributed by atoms with Gasteiger partial charge in [0, 0.05) is 0 Å². The van der Waals surface area contributed by atoms with Crippen molar-refractivity contribution in [2.45, 2.75) is 0 Å². The van der Waals surface area contributed by atoms with Gasteiger partial charge in [0.25, 0.3) is 0 Å². The van der Waals surface area contributed by atoms with Gasteiger partial charge in [0.1, 0.15) is 0 Å². The van der Waals surface area contributed by atoms with Crippen molar-refractivity contribution in [3.05, 3.63) is 97.1 Å². The first-order valence-corrected chi connectivity index (χ1v) is 8.46. The predicted molar refractivity (Wildman–Crippen MR) is 107 cm³/mol. The Morgan fingerprint density at radius 1 is 0.385 bits per heavy atom. The molecule has 0 saturated heterocycles. The van der Waals surface area contributed by atoms with E-state index >= 15 is 0 Å². The Morgan fingerprint density at radius 2 is 0.769 bits per heavy atom. The molecule has 4 aromatic rings. The van der Waals surface area contributed by atoms with E-state index in [0.717, 1.165) is 0 Å². The smallest absolute Gasteiger partial charge is 0.178 e. The van der Waals surface area contributed by atoms with Gasteiger partial charge < -0.3 is 0 Å². The molecule has 0 fully saturated rings. The monoisotopic (exact) mass is 336 g/mol. The van der Waals surface area contributed by atoms with Gasteiger partial charge in [0.2, 0.25) is 0 Å². The van der Waals surface area contributed by atoms with Crippen LogP contribution in [0.1, 0.15) is 0 Å². The van der Waals surface area contributed by atoms with Crippen molar-refractivity contribution in [1.29, 1.82) is 0 Å². The summed E-state index contributed by atoms with van der Waals surface area (Å²) in [6.45, 7) is 0. The Kier molecular flexibility index (Phi) is 4.16. The summed E-state index contributed by atoms with van der Waals surface area (Å²) in [5.74, 6) is -0.241. The summed E-state index contributed by atoms with van der Waals surface area (Å²) < 4.78 is 0. The van der Waals surface area contributed by atoms with Crippen LogP contribution in [0.2, 0.25) is 0 Å². The topological polar surface area (TPSA) is 34.1 Å². The number of fused-ring (bicyclic) bond motifs is 5. The lowest BCUT2D eigenvalue weighted by atomic mass is 9.97. The average Bonchev–Trinajstić information content (AvgIpc) is 2.70. The van der Waals surface area contributed by atoms with Crippen LogP contribution >= 0.6 is 0 Å². The lowest BCUT2D eigenvalue weighted by molar-refractivity contribution is -0.113. The Bertz CT molecular complexity index is 1100. The molecule has 1 aliphatic carbocycles. The first-order chi connectivity index (χ1) is 12.7. The van der Waals surface area contributed by atoms with Crippen LogP contribution in [0.25, 0.3) is 32.3 Å². The van der Waals surface area contributed by atoms with Crippen molar-refractivity contribution >= 4 is 43.9 Å². The largest absolute Gasteiger partial charge is 0.290 e. The van der Waals surface area contributed by atoms with Gasteiger partial charge in [-0.15, -0.1) is 0 Å². The fourth-order valence-electron chi connectivity index (χ4n) is 3.21. The van der Waals surface area contributed by atoms with Gasteiger partial charge in [-0.3, -0.25) is 9.59 Å². The fourth-order valence-corrected chi connectivity index (χ4v) is 3.21. The van der Waals surface area contributed by atoms with E-state index in [2.05, 4.69) is 72.8 Å². The Hall–Kier alpha value is -3.52. The second kappa shape index (κ2) is 6.77. The molecule has 2 heteroatoms. The minimum atomic E-state index is -0.121. The van der Waals surface area contributed by atoms with E-state index in [-0.39, 0.29) is 11.6 Å². The Balaban J connectivity index is 0.000000178. The molecule has 2 nitrogen and oxygen atoms in total. The van der Waals surface area contributed by atoms with Gasteiger partial charge in [0.05, 0.1) is 0 Å². The standard InChI is InChI=1S/C18H12.C6H4O2/c1-3-7-15-13(5-1)9-11-18-16-8-4-2-6-14(16)10-12-17(15)18;7-5-1-2-6(8)4-3-5/h1-12H;1-4H. The second-order valence-corrected chi connectivity index (χ2v) is 6.14. The van der Waals surface area contributed by atoms with Gasteiger partial charge >= 0.3 is 0 Å². The maximum absolute atomic E-state index is 10.3. The van der Waals surface area contributed by atoms with Crippen molar-refractivity contribution in [2.75, 3.05) is 0 Å². The number of carbonyl (C=O) groups excluding carboxylic acids is 2. The number of carbonyl (C=O) groups is 2. The number of ketones is 2. The zero-order chi connectivity index (χ0) is 17.9. The molecule has 0 saturated carbocycles. The van der Waals surface area contributed by atoms with Crippen LogP contribution in [0, 0.1) is 0 Å². The molecule has 0 aromatic heterocycles. The molecule has 26 heavy (non-hydrogen) atoms. The number of hydrogen-bond donors (Lipinski definition) is 0. The first kappa shape index (κ1) is 16.0.